The molecule has 0 heterocycles. The second-order valence-electron chi connectivity index (χ2n) is 4.18. The highest BCUT2D eigenvalue weighted by Gasteiger charge is 2.17. The van der Waals surface area contributed by atoms with Crippen molar-refractivity contribution in [2.45, 2.75) is 6.92 Å². The summed E-state index contributed by atoms with van der Waals surface area (Å²) >= 11 is 2.93. The Balaban J connectivity index is 2.35. The lowest BCUT2D eigenvalue weighted by Crippen LogP contribution is -2.16. The fraction of sp³-hybridized carbons (Fsp3) is 0.0714. The lowest BCUT2D eigenvalue weighted by Gasteiger charge is -2.09. The van der Waals surface area contributed by atoms with Crippen LogP contribution in [0.2, 0.25) is 0 Å². The predicted octanol–water partition coefficient (Wildman–Crippen LogP) is 4.43. The monoisotopic (exact) mass is 343 g/mol. The van der Waals surface area contributed by atoms with Crippen LogP contribution in [0.1, 0.15) is 15.9 Å². The van der Waals surface area contributed by atoms with Crippen LogP contribution in [0.3, 0.4) is 0 Å². The van der Waals surface area contributed by atoms with Gasteiger partial charge in [-0.15, -0.1) is 0 Å². The van der Waals surface area contributed by atoms with Crippen molar-refractivity contribution in [2.75, 3.05) is 5.32 Å². The third-order valence-electron chi connectivity index (χ3n) is 2.61. The molecule has 0 radical (unpaired) electrons. The average Bonchev–Trinajstić information content (AvgIpc) is 2.36. The maximum absolute atomic E-state index is 13.6. The quantitative estimate of drug-likeness (QED) is 0.858. The van der Waals surface area contributed by atoms with Gasteiger partial charge in [0.2, 0.25) is 0 Å². The molecule has 6 heteroatoms. The molecular formula is C14H9BrF3NO. The largest absolute Gasteiger partial charge is 0.317 e. The first-order valence-corrected chi connectivity index (χ1v) is 6.40. The molecule has 0 aliphatic carbocycles. The molecule has 2 nitrogen and oxygen atoms in total. The fourth-order valence-corrected chi connectivity index (χ4v) is 2.06. The van der Waals surface area contributed by atoms with Crippen molar-refractivity contribution in [1.29, 1.82) is 0 Å². The van der Waals surface area contributed by atoms with E-state index in [2.05, 4.69) is 15.9 Å². The molecule has 0 aliphatic heterocycles. The summed E-state index contributed by atoms with van der Waals surface area (Å²) in [4.78, 5) is 11.9. The third kappa shape index (κ3) is 3.01. The minimum Gasteiger partial charge on any atom is -0.317 e. The minimum absolute atomic E-state index is 0.201. The van der Waals surface area contributed by atoms with Crippen LogP contribution < -0.4 is 5.32 Å². The van der Waals surface area contributed by atoms with E-state index in [1.165, 1.54) is 12.1 Å². The Morgan fingerprint density at radius 2 is 1.65 bits per heavy atom. The van der Waals surface area contributed by atoms with Crippen LogP contribution in [-0.2, 0) is 0 Å². The second kappa shape index (κ2) is 5.66. The molecule has 0 fully saturated rings. The number of benzene rings is 2. The van der Waals surface area contributed by atoms with Crippen molar-refractivity contribution < 1.29 is 18.0 Å². The maximum Gasteiger partial charge on any atom is 0.258 e. The second-order valence-corrected chi connectivity index (χ2v) is 5.10. The summed E-state index contributed by atoms with van der Waals surface area (Å²) in [7, 11) is 0. The van der Waals surface area contributed by atoms with Gasteiger partial charge in [-0.25, -0.2) is 13.2 Å². The van der Waals surface area contributed by atoms with Crippen molar-refractivity contribution in [3.63, 3.8) is 0 Å². The molecule has 2 rings (SSSR count). The Hall–Kier alpha value is -1.82. The summed E-state index contributed by atoms with van der Waals surface area (Å²) in [6.45, 7) is 1.68. The fourth-order valence-electron chi connectivity index (χ4n) is 1.66. The number of carbonyl (C=O) groups is 1. The van der Waals surface area contributed by atoms with E-state index < -0.39 is 29.0 Å². The Morgan fingerprint density at radius 1 is 1.05 bits per heavy atom. The van der Waals surface area contributed by atoms with E-state index in [0.717, 1.165) is 18.2 Å². The summed E-state index contributed by atoms with van der Waals surface area (Å²) in [5.74, 6) is -3.56. The molecule has 0 saturated carbocycles. The van der Waals surface area contributed by atoms with Crippen LogP contribution in [0.4, 0.5) is 18.9 Å². The Bertz CT molecular complexity index is 665. The van der Waals surface area contributed by atoms with Crippen LogP contribution >= 0.6 is 15.9 Å². The number of hydrogen-bond donors (Lipinski definition) is 1. The van der Waals surface area contributed by atoms with E-state index >= 15 is 0 Å². The van der Waals surface area contributed by atoms with E-state index in [0.29, 0.717) is 5.56 Å². The van der Waals surface area contributed by atoms with Crippen molar-refractivity contribution in [3.8, 4) is 0 Å². The van der Waals surface area contributed by atoms with Crippen molar-refractivity contribution >= 4 is 27.5 Å². The molecule has 2 aromatic carbocycles. The number of nitrogens with one attached hydrogen (secondary N) is 1. The summed E-state index contributed by atoms with van der Waals surface area (Å²) in [5.41, 5.74) is -0.223. The molecule has 1 N–H and O–H groups in total. The van der Waals surface area contributed by atoms with Crippen molar-refractivity contribution in [1.82, 2.24) is 0 Å². The van der Waals surface area contributed by atoms with E-state index in [-0.39, 0.29) is 10.0 Å². The Morgan fingerprint density at radius 3 is 2.25 bits per heavy atom. The van der Waals surface area contributed by atoms with Gasteiger partial charge in [0.15, 0.2) is 11.6 Å². The van der Waals surface area contributed by atoms with Crippen LogP contribution in [0.5, 0.6) is 0 Å². The lowest BCUT2D eigenvalue weighted by atomic mass is 10.1. The lowest BCUT2D eigenvalue weighted by molar-refractivity contribution is 0.102. The standard InChI is InChI=1S/C14H9BrF3NO/c1-7-2-3-10(16)9(4-7)14(20)19-13-11(17)5-8(15)6-12(13)18/h2-6H,1H3,(H,19,20). The molecule has 0 bridgehead atoms. The van der Waals surface area contributed by atoms with Gasteiger partial charge in [-0.3, -0.25) is 4.79 Å². The van der Waals surface area contributed by atoms with Gasteiger partial charge >= 0.3 is 0 Å². The smallest absolute Gasteiger partial charge is 0.258 e. The van der Waals surface area contributed by atoms with Crippen molar-refractivity contribution in [2.24, 2.45) is 0 Å². The van der Waals surface area contributed by atoms with E-state index in [1.54, 1.807) is 6.92 Å². The van der Waals surface area contributed by atoms with Crippen LogP contribution in [0, 0.1) is 24.4 Å². The van der Waals surface area contributed by atoms with E-state index in [1.807, 2.05) is 5.32 Å². The minimum atomic E-state index is -0.946. The van der Waals surface area contributed by atoms with Crippen LogP contribution in [-0.4, -0.2) is 5.91 Å². The van der Waals surface area contributed by atoms with Gasteiger partial charge in [0.05, 0.1) is 5.56 Å². The summed E-state index contributed by atoms with van der Waals surface area (Å²) in [5, 5.41) is 2.04. The molecule has 0 aliphatic rings. The Labute approximate surface area is 121 Å². The topological polar surface area (TPSA) is 29.1 Å². The molecule has 20 heavy (non-hydrogen) atoms. The predicted molar refractivity (Wildman–Crippen MR) is 73.1 cm³/mol. The van der Waals surface area contributed by atoms with Gasteiger partial charge < -0.3 is 5.32 Å². The van der Waals surface area contributed by atoms with Gasteiger partial charge in [-0.05, 0) is 31.2 Å². The molecule has 2 aromatic rings. The number of amides is 1. The van der Waals surface area contributed by atoms with Gasteiger partial charge in [0.1, 0.15) is 11.5 Å². The zero-order valence-electron chi connectivity index (χ0n) is 10.3. The summed E-state index contributed by atoms with van der Waals surface area (Å²) in [6.07, 6.45) is 0. The Kier molecular flexibility index (Phi) is 4.13. The summed E-state index contributed by atoms with van der Waals surface area (Å²) < 4.78 is 40.9. The van der Waals surface area contributed by atoms with Gasteiger partial charge in [0, 0.05) is 4.47 Å². The SMILES string of the molecule is Cc1ccc(F)c(C(=O)Nc2c(F)cc(Br)cc2F)c1. The van der Waals surface area contributed by atoms with Crippen LogP contribution in [0.25, 0.3) is 0 Å². The molecule has 0 saturated heterocycles. The first kappa shape index (κ1) is 14.6. The molecule has 0 aromatic heterocycles. The van der Waals surface area contributed by atoms with Gasteiger partial charge in [0.25, 0.3) is 5.91 Å². The normalized spacial score (nSPS) is 10.4. The average molecular weight is 344 g/mol. The zero-order valence-corrected chi connectivity index (χ0v) is 11.9. The van der Waals surface area contributed by atoms with Gasteiger partial charge in [-0.2, -0.15) is 0 Å². The molecule has 104 valence electrons. The number of hydrogen-bond acceptors (Lipinski definition) is 1. The first-order chi connectivity index (χ1) is 9.38. The molecule has 1 amide bonds. The van der Waals surface area contributed by atoms with E-state index in [4.69, 9.17) is 0 Å². The van der Waals surface area contributed by atoms with Crippen molar-refractivity contribution in [3.05, 3.63) is 63.4 Å². The zero-order chi connectivity index (χ0) is 14.9. The number of aryl methyl sites for hydroxylation is 1. The molecule has 0 unspecified atom stereocenters. The highest BCUT2D eigenvalue weighted by molar-refractivity contribution is 9.10. The number of anilines is 1. The summed E-state index contributed by atoms with van der Waals surface area (Å²) in [6, 6.07) is 5.93. The van der Waals surface area contributed by atoms with Gasteiger partial charge in [-0.1, -0.05) is 27.6 Å². The first-order valence-electron chi connectivity index (χ1n) is 5.60. The maximum atomic E-state index is 13.6. The molecular weight excluding hydrogens is 335 g/mol. The molecule has 0 spiro atoms. The third-order valence-corrected chi connectivity index (χ3v) is 3.07. The number of rotatable bonds is 2. The van der Waals surface area contributed by atoms with E-state index in [9.17, 15) is 18.0 Å². The molecule has 0 atom stereocenters. The van der Waals surface area contributed by atoms with Crippen LogP contribution in [0.15, 0.2) is 34.8 Å². The number of halogens is 4. The number of carbonyl (C=O) groups excluding carboxylic acids is 1. The highest BCUT2D eigenvalue weighted by Crippen LogP contribution is 2.24. The highest BCUT2D eigenvalue weighted by atomic mass is 79.9.